The minimum absolute atomic E-state index is 0.214. The van der Waals surface area contributed by atoms with Crippen molar-refractivity contribution in [3.63, 3.8) is 0 Å². The molecular formula is C28H31N9O2S. The number of hydrogen-bond acceptors (Lipinski definition) is 10. The van der Waals surface area contributed by atoms with Crippen molar-refractivity contribution in [3.05, 3.63) is 42.2 Å². The molecule has 1 N–H and O–H groups in total. The summed E-state index contributed by atoms with van der Waals surface area (Å²) in [4.78, 5) is 21.2. The van der Waals surface area contributed by atoms with Gasteiger partial charge in [0.05, 0.1) is 34.2 Å². The monoisotopic (exact) mass is 557 g/mol. The molecule has 4 aromatic rings. The second-order valence-corrected chi connectivity index (χ2v) is 12.4. The Hall–Kier alpha value is -4.24. The second-order valence-electron chi connectivity index (χ2n) is 11.5. The van der Waals surface area contributed by atoms with Gasteiger partial charge in [-0.1, -0.05) is 11.3 Å². The highest BCUT2D eigenvalue weighted by Gasteiger charge is 2.47. The molecular weight excluding hydrogens is 526 g/mol. The zero-order valence-corrected chi connectivity index (χ0v) is 23.8. The summed E-state index contributed by atoms with van der Waals surface area (Å²) < 4.78 is 7.32. The molecule has 2 aliphatic rings. The fraction of sp³-hybridized carbons (Fsp3) is 0.429. The Kier molecular flexibility index (Phi) is 6.34. The summed E-state index contributed by atoms with van der Waals surface area (Å²) in [7, 11) is 1.88. The predicted octanol–water partition coefficient (Wildman–Crippen LogP) is 4.67. The van der Waals surface area contributed by atoms with E-state index < -0.39 is 5.60 Å². The van der Waals surface area contributed by atoms with E-state index in [1.165, 1.54) is 0 Å². The quantitative estimate of drug-likeness (QED) is 0.381. The fourth-order valence-corrected chi connectivity index (χ4v) is 6.25. The van der Waals surface area contributed by atoms with Crippen LogP contribution in [0.4, 0.5) is 15.6 Å². The van der Waals surface area contributed by atoms with Crippen LogP contribution in [0.2, 0.25) is 0 Å². The lowest BCUT2D eigenvalue weighted by molar-refractivity contribution is 0.00597. The molecule has 1 amide bonds. The normalized spacial score (nSPS) is 16.6. The predicted molar refractivity (Wildman–Crippen MR) is 153 cm³/mol. The van der Waals surface area contributed by atoms with E-state index >= 15 is 0 Å². The molecule has 2 saturated heterocycles. The number of carbonyl (C=O) groups is 1. The van der Waals surface area contributed by atoms with Crippen LogP contribution < -0.4 is 10.2 Å². The molecule has 2 aliphatic heterocycles. The van der Waals surface area contributed by atoms with E-state index in [0.717, 1.165) is 77.3 Å². The standard InChI is InChI=1S/C28H31N9O2S/c1-27(2,3)39-26(38)35-9-7-28(8-10-35)16-36(17-28)25-34-33-24(40-25)20-15-31-22(12-21(20)30-4)23-6-5-19-11-18(13-29)14-32-37(19)23/h5-6,11-12,14-15H,7-10,16-17H2,1-4H3,(H,30,31). The topological polar surface area (TPSA) is 125 Å². The van der Waals surface area contributed by atoms with Gasteiger partial charge in [-0.2, -0.15) is 10.4 Å². The van der Waals surface area contributed by atoms with E-state index in [9.17, 15) is 4.79 Å². The van der Waals surface area contributed by atoms with Crippen molar-refractivity contribution in [1.29, 1.82) is 5.26 Å². The highest BCUT2D eigenvalue weighted by atomic mass is 32.1. The van der Waals surface area contributed by atoms with Crippen LogP contribution in [-0.2, 0) is 4.74 Å². The van der Waals surface area contributed by atoms with Crippen LogP contribution in [0.25, 0.3) is 27.5 Å². The lowest BCUT2D eigenvalue weighted by Gasteiger charge is -2.53. The molecule has 0 saturated carbocycles. The number of nitrogens with one attached hydrogen (secondary N) is 1. The Labute approximate surface area is 236 Å². The summed E-state index contributed by atoms with van der Waals surface area (Å²) in [6.07, 6.45) is 5.08. The number of nitrogens with zero attached hydrogens (tertiary/aromatic N) is 8. The van der Waals surface area contributed by atoms with Crippen LogP contribution in [-0.4, -0.2) is 74.6 Å². The molecule has 40 heavy (non-hydrogen) atoms. The van der Waals surface area contributed by atoms with Gasteiger partial charge in [0.2, 0.25) is 5.13 Å². The number of amides is 1. The van der Waals surface area contributed by atoms with E-state index in [0.29, 0.717) is 5.56 Å². The lowest BCUT2D eigenvalue weighted by atomic mass is 9.72. The maximum absolute atomic E-state index is 12.4. The number of fused-ring (bicyclic) bond motifs is 1. The van der Waals surface area contributed by atoms with Gasteiger partial charge in [-0.25, -0.2) is 9.31 Å². The first-order valence-electron chi connectivity index (χ1n) is 13.3. The Morgan fingerprint density at radius 2 is 1.93 bits per heavy atom. The number of pyridine rings is 1. The van der Waals surface area contributed by atoms with Crippen molar-refractivity contribution >= 4 is 33.8 Å². The number of rotatable bonds is 4. The van der Waals surface area contributed by atoms with Gasteiger partial charge in [-0.3, -0.25) is 4.98 Å². The summed E-state index contributed by atoms with van der Waals surface area (Å²) in [5.74, 6) is 0. The van der Waals surface area contributed by atoms with Gasteiger partial charge >= 0.3 is 6.09 Å². The SMILES string of the molecule is CNc1cc(-c2ccc3cc(C#N)cnn23)ncc1-c1nnc(N2CC3(CCN(C(=O)OC(C)(C)C)CC3)C2)s1. The van der Waals surface area contributed by atoms with Gasteiger partial charge in [0.1, 0.15) is 11.7 Å². The molecule has 6 rings (SSSR count). The summed E-state index contributed by atoms with van der Waals surface area (Å²) in [5, 5.41) is 27.5. The van der Waals surface area contributed by atoms with Crippen LogP contribution in [0.5, 0.6) is 0 Å². The molecule has 206 valence electrons. The number of anilines is 2. The number of hydrogen-bond donors (Lipinski definition) is 1. The van der Waals surface area contributed by atoms with Gasteiger partial charge in [0.15, 0.2) is 5.01 Å². The smallest absolute Gasteiger partial charge is 0.410 e. The summed E-state index contributed by atoms with van der Waals surface area (Å²) in [6.45, 7) is 8.97. The molecule has 0 atom stereocenters. The molecule has 0 unspecified atom stereocenters. The molecule has 0 aliphatic carbocycles. The van der Waals surface area contributed by atoms with Gasteiger partial charge < -0.3 is 19.9 Å². The van der Waals surface area contributed by atoms with E-state index in [2.05, 4.69) is 31.6 Å². The minimum Gasteiger partial charge on any atom is -0.444 e. The Morgan fingerprint density at radius 1 is 1.15 bits per heavy atom. The van der Waals surface area contributed by atoms with Crippen LogP contribution >= 0.6 is 11.3 Å². The Balaban J connectivity index is 1.13. The molecule has 4 aromatic heterocycles. The number of aromatic nitrogens is 5. The van der Waals surface area contributed by atoms with E-state index in [4.69, 9.17) is 15.0 Å². The number of likely N-dealkylation sites (tertiary alicyclic amines) is 1. The Morgan fingerprint density at radius 3 is 2.62 bits per heavy atom. The first-order valence-corrected chi connectivity index (χ1v) is 14.1. The first-order chi connectivity index (χ1) is 19.2. The average Bonchev–Trinajstić information content (AvgIpc) is 3.57. The molecule has 2 fully saturated rings. The third kappa shape index (κ3) is 4.81. The second kappa shape index (κ2) is 9.75. The van der Waals surface area contributed by atoms with Crippen LogP contribution in [0.1, 0.15) is 39.2 Å². The fourth-order valence-electron chi connectivity index (χ4n) is 5.38. The summed E-state index contributed by atoms with van der Waals surface area (Å²) >= 11 is 1.56. The first kappa shape index (κ1) is 26.0. The van der Waals surface area contributed by atoms with Gasteiger partial charge in [0, 0.05) is 50.5 Å². The van der Waals surface area contributed by atoms with Crippen molar-refractivity contribution in [3.8, 4) is 28.0 Å². The molecule has 0 radical (unpaired) electrons. The van der Waals surface area contributed by atoms with Crippen LogP contribution in [0.3, 0.4) is 0 Å². The van der Waals surface area contributed by atoms with Crippen molar-refractivity contribution in [2.45, 2.75) is 39.2 Å². The van der Waals surface area contributed by atoms with Crippen molar-refractivity contribution in [1.82, 2.24) is 29.7 Å². The maximum atomic E-state index is 12.4. The Bertz CT molecular complexity index is 1610. The van der Waals surface area contributed by atoms with Crippen LogP contribution in [0.15, 0.2) is 36.7 Å². The third-order valence-corrected chi connectivity index (χ3v) is 8.53. The largest absolute Gasteiger partial charge is 0.444 e. The zero-order chi connectivity index (χ0) is 28.1. The van der Waals surface area contributed by atoms with Crippen molar-refractivity contribution in [2.75, 3.05) is 43.4 Å². The third-order valence-electron chi connectivity index (χ3n) is 7.51. The molecule has 0 bridgehead atoms. The number of nitriles is 1. The highest BCUT2D eigenvalue weighted by molar-refractivity contribution is 7.18. The number of carbonyl (C=O) groups excluding carboxylic acids is 1. The minimum atomic E-state index is -0.477. The molecule has 12 heteroatoms. The number of piperidine rings is 1. The van der Waals surface area contributed by atoms with Crippen molar-refractivity contribution in [2.24, 2.45) is 5.41 Å². The average molecular weight is 558 g/mol. The van der Waals surface area contributed by atoms with Gasteiger partial charge in [-0.15, -0.1) is 10.2 Å². The summed E-state index contributed by atoms with van der Waals surface area (Å²) in [5.41, 5.74) is 4.47. The summed E-state index contributed by atoms with van der Waals surface area (Å²) in [6, 6.07) is 9.78. The molecule has 11 nitrogen and oxygen atoms in total. The number of ether oxygens (including phenoxy) is 1. The van der Waals surface area contributed by atoms with E-state index in [1.54, 1.807) is 28.1 Å². The molecule has 6 heterocycles. The molecule has 1 spiro atoms. The maximum Gasteiger partial charge on any atom is 0.410 e. The van der Waals surface area contributed by atoms with Crippen LogP contribution in [0, 0.1) is 16.7 Å². The van der Waals surface area contributed by atoms with Gasteiger partial charge in [-0.05, 0) is 57.9 Å². The van der Waals surface area contributed by atoms with E-state index in [-0.39, 0.29) is 11.5 Å². The highest BCUT2D eigenvalue weighted by Crippen LogP contribution is 2.45. The van der Waals surface area contributed by atoms with Gasteiger partial charge in [0.25, 0.3) is 0 Å². The van der Waals surface area contributed by atoms with E-state index in [1.807, 2.05) is 57.1 Å². The zero-order valence-electron chi connectivity index (χ0n) is 23.0. The van der Waals surface area contributed by atoms with Crippen molar-refractivity contribution < 1.29 is 9.53 Å². The lowest BCUT2D eigenvalue weighted by Crippen LogP contribution is -2.61. The molecule has 0 aromatic carbocycles.